The van der Waals surface area contributed by atoms with E-state index < -0.39 is 29.5 Å². The summed E-state index contributed by atoms with van der Waals surface area (Å²) in [5.41, 5.74) is -0.495. The Kier molecular flexibility index (Phi) is 8.01. The van der Waals surface area contributed by atoms with E-state index in [0.717, 1.165) is 25.8 Å². The average molecular weight is 684 g/mol. The molecule has 7 aliphatic rings. The van der Waals surface area contributed by atoms with E-state index in [1.807, 2.05) is 34.7 Å². The predicted molar refractivity (Wildman–Crippen MR) is 175 cm³/mol. The van der Waals surface area contributed by atoms with Crippen LogP contribution >= 0.6 is 11.3 Å². The zero-order valence-electron chi connectivity index (χ0n) is 28.9. The molecular weight excluding hydrogens is 634 g/mol. The largest absolute Gasteiger partial charge is 0.481 e. The second-order valence-electron chi connectivity index (χ2n) is 15.8. The average Bonchev–Trinajstić information content (AvgIpc) is 3.55. The molecule has 0 radical (unpaired) electrons. The molecule has 2 heterocycles. The number of carboxylic acids is 1. The van der Waals surface area contributed by atoms with Crippen LogP contribution < -0.4 is 10.6 Å². The standard InChI is InChI=1S/C35H49N5O7S/c1-8-16(4)28(37-30(43)19-11-9-10-12-39(19)6)32(44)40(7)20(15(2)3)13-21(47-17(5)41)31-36-18(14-48-31)29(42)38-35-25-22-26(35)24-27(35)23(25)34(22,24)33(45)46/h14-16,19-28H,8-13H2,1-7H3,(H,37,43)(H,38,42)(H,45,46)/t16-,19+,20+,21+,22?,23?,24?,25?,26?,27?,28-,34?,35?/m0/s1. The van der Waals surface area contributed by atoms with Gasteiger partial charge in [0.1, 0.15) is 16.7 Å². The van der Waals surface area contributed by atoms with E-state index in [4.69, 9.17) is 4.74 Å². The van der Waals surface area contributed by atoms with Crippen molar-refractivity contribution in [1.29, 1.82) is 0 Å². The molecule has 8 rings (SSSR count). The molecule has 3 N–H and O–H groups in total. The number of hydrogen-bond donors (Lipinski definition) is 3. The Morgan fingerprint density at radius 2 is 1.75 bits per heavy atom. The normalized spacial score (nSPS) is 37.1. The zero-order valence-corrected chi connectivity index (χ0v) is 29.7. The molecule has 0 bridgehead atoms. The van der Waals surface area contributed by atoms with Crippen molar-refractivity contribution in [2.45, 2.75) is 96.5 Å². The number of nitrogens with zero attached hydrogens (tertiary/aromatic N) is 3. The number of amides is 3. The van der Waals surface area contributed by atoms with E-state index in [0.29, 0.717) is 11.4 Å². The van der Waals surface area contributed by atoms with Gasteiger partial charge in [-0.1, -0.05) is 40.5 Å². The van der Waals surface area contributed by atoms with E-state index in [1.165, 1.54) is 18.3 Å². The second-order valence-corrected chi connectivity index (χ2v) is 16.7. The van der Waals surface area contributed by atoms with Gasteiger partial charge in [-0.2, -0.15) is 0 Å². The highest BCUT2D eigenvalue weighted by atomic mass is 32.1. The Morgan fingerprint density at radius 3 is 2.29 bits per heavy atom. The van der Waals surface area contributed by atoms with E-state index in [1.54, 1.807) is 17.3 Å². The SMILES string of the molecule is CC[C@H](C)[C@H](NC(=O)[C@H]1CCCCN1C)C(=O)N(C)[C@H](C[C@@H](OC(C)=O)c1nc(C(=O)NC23C4C5C2C2C3C4C52C(=O)O)cs1)C(C)C. The van der Waals surface area contributed by atoms with Gasteiger partial charge in [0.25, 0.3) is 5.91 Å². The molecule has 3 amide bonds. The van der Waals surface area contributed by atoms with Crippen LogP contribution in [0, 0.1) is 52.8 Å². The van der Waals surface area contributed by atoms with Gasteiger partial charge in [0, 0.05) is 31.8 Å². The van der Waals surface area contributed by atoms with Crippen molar-refractivity contribution in [3.05, 3.63) is 16.1 Å². The van der Waals surface area contributed by atoms with Gasteiger partial charge < -0.3 is 25.4 Å². The highest BCUT2D eigenvalue weighted by Crippen LogP contribution is 3.07. The Labute approximate surface area is 285 Å². The number of likely N-dealkylation sites (N-methyl/N-ethyl adjacent to an activating group) is 2. The minimum absolute atomic E-state index is 0.0136. The number of hydrogen-bond acceptors (Lipinski definition) is 9. The number of carboxylic acid groups (broad SMARTS) is 1. The number of carbonyl (C=O) groups excluding carboxylic acids is 4. The smallest absolute Gasteiger partial charge is 0.310 e. The minimum atomic E-state index is -0.775. The Hall–Kier alpha value is -3.06. The molecule has 13 heteroatoms. The molecule has 0 unspecified atom stereocenters. The number of ether oxygens (including phenoxy) is 1. The van der Waals surface area contributed by atoms with Gasteiger partial charge in [-0.15, -0.1) is 11.3 Å². The zero-order chi connectivity index (χ0) is 34.6. The number of aromatic nitrogens is 1. The van der Waals surface area contributed by atoms with Crippen LogP contribution in [0.15, 0.2) is 5.38 Å². The van der Waals surface area contributed by atoms with Crippen molar-refractivity contribution >= 4 is 41.0 Å². The number of rotatable bonds is 14. The highest BCUT2D eigenvalue weighted by Gasteiger charge is 3.12. The van der Waals surface area contributed by atoms with Crippen LogP contribution in [0.3, 0.4) is 0 Å². The van der Waals surface area contributed by atoms with Crippen molar-refractivity contribution in [2.75, 3.05) is 20.6 Å². The molecule has 7 fully saturated rings. The van der Waals surface area contributed by atoms with Crippen molar-refractivity contribution in [2.24, 2.45) is 52.8 Å². The first-order valence-corrected chi connectivity index (χ1v) is 18.6. The molecule has 1 aromatic rings. The third kappa shape index (κ3) is 4.21. The third-order valence-electron chi connectivity index (χ3n) is 13.6. The summed E-state index contributed by atoms with van der Waals surface area (Å²) in [5.74, 6) is -0.373. The maximum Gasteiger partial charge on any atom is 0.310 e. The first kappa shape index (κ1) is 33.4. The van der Waals surface area contributed by atoms with Crippen LogP contribution in [0.2, 0.25) is 0 Å². The summed E-state index contributed by atoms with van der Waals surface area (Å²) < 4.78 is 5.78. The van der Waals surface area contributed by atoms with E-state index >= 15 is 0 Å². The lowest BCUT2D eigenvalue weighted by molar-refractivity contribution is -0.609. The molecule has 262 valence electrons. The van der Waals surface area contributed by atoms with Crippen molar-refractivity contribution in [3.63, 3.8) is 0 Å². The van der Waals surface area contributed by atoms with Gasteiger partial charge in [-0.3, -0.25) is 28.9 Å². The molecule has 6 saturated carbocycles. The van der Waals surface area contributed by atoms with Gasteiger partial charge in [-0.25, -0.2) is 4.98 Å². The topological polar surface area (TPSA) is 158 Å². The van der Waals surface area contributed by atoms with Crippen molar-refractivity contribution in [3.8, 4) is 0 Å². The van der Waals surface area contributed by atoms with Crippen LogP contribution in [0.25, 0.3) is 0 Å². The fraction of sp³-hybridized carbons (Fsp3) is 0.771. The van der Waals surface area contributed by atoms with Gasteiger partial charge in [-0.05, 0) is 73.8 Å². The summed E-state index contributed by atoms with van der Waals surface area (Å²) in [6.45, 7) is 10.2. The first-order chi connectivity index (χ1) is 22.7. The summed E-state index contributed by atoms with van der Waals surface area (Å²) in [6.07, 6.45) is 3.02. The number of thiazole rings is 1. The Bertz CT molecular complexity index is 1490. The van der Waals surface area contributed by atoms with E-state index in [-0.39, 0.29) is 94.8 Å². The number of nitrogens with one attached hydrogen (secondary N) is 2. The predicted octanol–water partition coefficient (Wildman–Crippen LogP) is 2.94. The molecule has 48 heavy (non-hydrogen) atoms. The number of aliphatic carboxylic acids is 1. The van der Waals surface area contributed by atoms with Gasteiger partial charge in [0.05, 0.1) is 17.0 Å². The lowest BCUT2D eigenvalue weighted by atomic mass is 8.94. The maximum absolute atomic E-state index is 14.1. The number of carbonyl (C=O) groups is 5. The summed E-state index contributed by atoms with van der Waals surface area (Å²) in [7, 11) is 3.69. The van der Waals surface area contributed by atoms with E-state index in [2.05, 4.69) is 20.5 Å². The molecule has 1 saturated heterocycles. The number of likely N-dealkylation sites (tertiary alicyclic amines) is 1. The summed E-state index contributed by atoms with van der Waals surface area (Å²) in [5, 5.41) is 18.3. The minimum Gasteiger partial charge on any atom is -0.481 e. The fourth-order valence-corrected chi connectivity index (χ4v) is 12.1. The van der Waals surface area contributed by atoms with Crippen LogP contribution in [0.4, 0.5) is 0 Å². The Balaban J connectivity index is 1.03. The first-order valence-electron chi connectivity index (χ1n) is 17.7. The molecule has 6 aliphatic carbocycles. The second kappa shape index (κ2) is 11.5. The van der Waals surface area contributed by atoms with E-state index in [9.17, 15) is 29.1 Å². The molecule has 12 nitrogen and oxygen atoms in total. The fourth-order valence-electron chi connectivity index (χ4n) is 11.2. The molecule has 1 aromatic heterocycles. The summed E-state index contributed by atoms with van der Waals surface area (Å²) >= 11 is 1.25. The molecule has 5 atom stereocenters. The lowest BCUT2D eigenvalue weighted by Crippen LogP contribution is -3.16. The lowest BCUT2D eigenvalue weighted by Gasteiger charge is -3.09. The molecule has 1 aliphatic heterocycles. The van der Waals surface area contributed by atoms with Crippen molar-refractivity contribution in [1.82, 2.24) is 25.4 Å². The van der Waals surface area contributed by atoms with Crippen molar-refractivity contribution < 1.29 is 33.8 Å². The maximum atomic E-state index is 14.1. The van der Waals surface area contributed by atoms with Crippen LogP contribution in [-0.2, 0) is 23.9 Å². The Morgan fingerprint density at radius 1 is 1.10 bits per heavy atom. The highest BCUT2D eigenvalue weighted by molar-refractivity contribution is 7.09. The monoisotopic (exact) mass is 683 g/mol. The molecular formula is C35H49N5O7S. The van der Waals surface area contributed by atoms with Gasteiger partial charge >= 0.3 is 11.9 Å². The van der Waals surface area contributed by atoms with Gasteiger partial charge in [0.15, 0.2) is 6.10 Å². The van der Waals surface area contributed by atoms with Crippen LogP contribution in [0.5, 0.6) is 0 Å². The molecule has 0 spiro atoms. The number of piperidine rings is 1. The third-order valence-corrected chi connectivity index (χ3v) is 14.5. The quantitative estimate of drug-likeness (QED) is 0.251. The van der Waals surface area contributed by atoms with Crippen LogP contribution in [-0.4, -0.2) is 93.9 Å². The summed E-state index contributed by atoms with van der Waals surface area (Å²) in [6, 6.07) is -1.31. The summed E-state index contributed by atoms with van der Waals surface area (Å²) in [4.78, 5) is 73.5. The number of esters is 1. The molecule has 0 aromatic carbocycles. The van der Waals surface area contributed by atoms with Gasteiger partial charge in [0.2, 0.25) is 11.8 Å². The van der Waals surface area contributed by atoms with Crippen LogP contribution in [0.1, 0.15) is 88.3 Å².